The number of rotatable bonds is 2. The molecular formula is C10H12F3N. The summed E-state index contributed by atoms with van der Waals surface area (Å²) in [5.41, 5.74) is 1.43. The Labute approximate surface area is 80.9 Å². The second-order valence-corrected chi connectivity index (χ2v) is 3.28. The standard InChI is InChI=1S/C10H12F3N/c1-7-4-3-5-9(6-7)14-8(2)10(11,12)13/h3-6,8,14H,1-2H3. The van der Waals surface area contributed by atoms with E-state index < -0.39 is 12.2 Å². The topological polar surface area (TPSA) is 12.0 Å². The molecule has 0 aliphatic heterocycles. The molecule has 0 fully saturated rings. The Morgan fingerprint density at radius 2 is 1.93 bits per heavy atom. The number of anilines is 1. The van der Waals surface area contributed by atoms with Crippen LogP contribution in [-0.2, 0) is 0 Å². The monoisotopic (exact) mass is 203 g/mol. The van der Waals surface area contributed by atoms with Crippen LogP contribution in [0.15, 0.2) is 24.3 Å². The molecule has 0 aromatic heterocycles. The molecule has 1 aromatic rings. The Bertz CT molecular complexity index is 306. The van der Waals surface area contributed by atoms with Crippen LogP contribution in [0.2, 0.25) is 0 Å². The molecule has 0 amide bonds. The van der Waals surface area contributed by atoms with E-state index in [1.807, 2.05) is 13.0 Å². The average molecular weight is 203 g/mol. The van der Waals surface area contributed by atoms with E-state index in [0.717, 1.165) is 12.5 Å². The second-order valence-electron chi connectivity index (χ2n) is 3.28. The van der Waals surface area contributed by atoms with E-state index >= 15 is 0 Å². The Morgan fingerprint density at radius 1 is 1.29 bits per heavy atom. The van der Waals surface area contributed by atoms with Crippen LogP contribution >= 0.6 is 0 Å². The summed E-state index contributed by atoms with van der Waals surface area (Å²) in [5.74, 6) is 0. The van der Waals surface area contributed by atoms with E-state index in [0.29, 0.717) is 5.69 Å². The number of aryl methyl sites for hydroxylation is 1. The molecule has 0 spiro atoms. The van der Waals surface area contributed by atoms with Crippen LogP contribution in [0.5, 0.6) is 0 Å². The van der Waals surface area contributed by atoms with Gasteiger partial charge in [0.1, 0.15) is 6.04 Å². The first-order valence-electron chi connectivity index (χ1n) is 4.29. The van der Waals surface area contributed by atoms with E-state index in [-0.39, 0.29) is 0 Å². The summed E-state index contributed by atoms with van der Waals surface area (Å²) in [6.07, 6.45) is -4.20. The highest BCUT2D eigenvalue weighted by Gasteiger charge is 2.35. The van der Waals surface area contributed by atoms with Gasteiger partial charge in [0.2, 0.25) is 0 Å². The molecule has 0 aliphatic rings. The average Bonchev–Trinajstić information content (AvgIpc) is 2.02. The van der Waals surface area contributed by atoms with Crippen molar-refractivity contribution in [3.63, 3.8) is 0 Å². The molecule has 0 heterocycles. The van der Waals surface area contributed by atoms with Crippen molar-refractivity contribution in [1.29, 1.82) is 0 Å². The lowest BCUT2D eigenvalue weighted by atomic mass is 10.2. The third kappa shape index (κ3) is 2.94. The molecule has 1 N–H and O–H groups in total. The van der Waals surface area contributed by atoms with Gasteiger partial charge in [0.05, 0.1) is 0 Å². The van der Waals surface area contributed by atoms with Crippen molar-refractivity contribution >= 4 is 5.69 Å². The Kier molecular flexibility index (Phi) is 3.03. The van der Waals surface area contributed by atoms with Gasteiger partial charge in [-0.1, -0.05) is 12.1 Å². The molecule has 1 unspecified atom stereocenters. The van der Waals surface area contributed by atoms with Crippen molar-refractivity contribution < 1.29 is 13.2 Å². The molecular weight excluding hydrogens is 191 g/mol. The molecule has 1 aromatic carbocycles. The van der Waals surface area contributed by atoms with E-state index in [2.05, 4.69) is 5.32 Å². The van der Waals surface area contributed by atoms with Crippen LogP contribution in [0.4, 0.5) is 18.9 Å². The number of alkyl halides is 3. The van der Waals surface area contributed by atoms with Gasteiger partial charge in [-0.3, -0.25) is 0 Å². The first kappa shape index (κ1) is 10.9. The number of halogens is 3. The molecule has 0 saturated heterocycles. The third-order valence-corrected chi connectivity index (χ3v) is 1.89. The highest BCUT2D eigenvalue weighted by molar-refractivity contribution is 5.46. The van der Waals surface area contributed by atoms with Crippen molar-refractivity contribution in [2.75, 3.05) is 5.32 Å². The molecule has 0 aliphatic carbocycles. The first-order chi connectivity index (χ1) is 6.39. The van der Waals surface area contributed by atoms with Crippen LogP contribution < -0.4 is 5.32 Å². The van der Waals surface area contributed by atoms with Gasteiger partial charge in [-0.25, -0.2) is 0 Å². The summed E-state index contributed by atoms with van der Waals surface area (Å²) in [6, 6.07) is 5.34. The lowest BCUT2D eigenvalue weighted by molar-refractivity contribution is -0.138. The maximum atomic E-state index is 12.2. The predicted molar refractivity (Wildman–Crippen MR) is 50.3 cm³/mol. The molecule has 1 rings (SSSR count). The van der Waals surface area contributed by atoms with Crippen LogP contribution in [0.3, 0.4) is 0 Å². The van der Waals surface area contributed by atoms with Crippen molar-refractivity contribution in [3.05, 3.63) is 29.8 Å². The van der Waals surface area contributed by atoms with E-state index in [1.165, 1.54) is 0 Å². The van der Waals surface area contributed by atoms with Gasteiger partial charge < -0.3 is 5.32 Å². The summed E-state index contributed by atoms with van der Waals surface area (Å²) in [7, 11) is 0. The fourth-order valence-corrected chi connectivity index (χ4v) is 1.07. The summed E-state index contributed by atoms with van der Waals surface area (Å²) in [4.78, 5) is 0. The van der Waals surface area contributed by atoms with Gasteiger partial charge in [0.25, 0.3) is 0 Å². The van der Waals surface area contributed by atoms with Crippen LogP contribution in [0.25, 0.3) is 0 Å². The zero-order chi connectivity index (χ0) is 10.8. The van der Waals surface area contributed by atoms with Crippen molar-refractivity contribution in [2.45, 2.75) is 26.1 Å². The minimum absolute atomic E-state index is 0.495. The number of nitrogens with one attached hydrogen (secondary N) is 1. The van der Waals surface area contributed by atoms with Gasteiger partial charge in [0, 0.05) is 5.69 Å². The minimum atomic E-state index is -4.20. The van der Waals surface area contributed by atoms with Gasteiger partial charge in [-0.2, -0.15) is 13.2 Å². The molecule has 1 nitrogen and oxygen atoms in total. The molecule has 0 saturated carbocycles. The quantitative estimate of drug-likeness (QED) is 0.777. The third-order valence-electron chi connectivity index (χ3n) is 1.89. The molecule has 0 radical (unpaired) electrons. The summed E-state index contributed by atoms with van der Waals surface area (Å²) < 4.78 is 36.5. The van der Waals surface area contributed by atoms with E-state index in [4.69, 9.17) is 0 Å². The molecule has 4 heteroatoms. The van der Waals surface area contributed by atoms with Crippen molar-refractivity contribution in [2.24, 2.45) is 0 Å². The van der Waals surface area contributed by atoms with E-state index in [9.17, 15) is 13.2 Å². The Hall–Kier alpha value is -1.19. The maximum absolute atomic E-state index is 12.2. The zero-order valence-electron chi connectivity index (χ0n) is 8.02. The van der Waals surface area contributed by atoms with Crippen LogP contribution in [-0.4, -0.2) is 12.2 Å². The van der Waals surface area contributed by atoms with Crippen molar-refractivity contribution in [3.8, 4) is 0 Å². The van der Waals surface area contributed by atoms with Gasteiger partial charge in [0.15, 0.2) is 0 Å². The number of hydrogen-bond acceptors (Lipinski definition) is 1. The highest BCUT2D eigenvalue weighted by Crippen LogP contribution is 2.23. The minimum Gasteiger partial charge on any atom is -0.374 e. The summed E-state index contributed by atoms with van der Waals surface area (Å²) >= 11 is 0. The Morgan fingerprint density at radius 3 is 2.43 bits per heavy atom. The van der Waals surface area contributed by atoms with Crippen molar-refractivity contribution in [1.82, 2.24) is 0 Å². The summed E-state index contributed by atoms with van der Waals surface area (Å²) in [6.45, 7) is 2.94. The predicted octanol–water partition coefficient (Wildman–Crippen LogP) is 3.36. The zero-order valence-corrected chi connectivity index (χ0v) is 8.02. The fourth-order valence-electron chi connectivity index (χ4n) is 1.07. The maximum Gasteiger partial charge on any atom is 0.408 e. The first-order valence-corrected chi connectivity index (χ1v) is 4.29. The summed E-state index contributed by atoms with van der Waals surface area (Å²) in [5, 5.41) is 2.40. The number of benzene rings is 1. The fraction of sp³-hybridized carbons (Fsp3) is 0.400. The lowest BCUT2D eigenvalue weighted by Gasteiger charge is -2.18. The molecule has 14 heavy (non-hydrogen) atoms. The normalized spacial score (nSPS) is 13.8. The molecule has 0 bridgehead atoms. The lowest BCUT2D eigenvalue weighted by Crippen LogP contribution is -2.33. The van der Waals surface area contributed by atoms with Gasteiger partial charge in [-0.15, -0.1) is 0 Å². The molecule has 78 valence electrons. The molecule has 1 atom stereocenters. The Balaban J connectivity index is 2.70. The SMILES string of the molecule is Cc1cccc(NC(C)C(F)(F)F)c1. The van der Waals surface area contributed by atoms with E-state index in [1.54, 1.807) is 18.2 Å². The van der Waals surface area contributed by atoms with Gasteiger partial charge in [-0.05, 0) is 31.5 Å². The smallest absolute Gasteiger partial charge is 0.374 e. The second kappa shape index (κ2) is 3.90. The van der Waals surface area contributed by atoms with Crippen LogP contribution in [0, 0.1) is 6.92 Å². The van der Waals surface area contributed by atoms with Crippen LogP contribution in [0.1, 0.15) is 12.5 Å². The largest absolute Gasteiger partial charge is 0.408 e. The highest BCUT2D eigenvalue weighted by atomic mass is 19.4. The van der Waals surface area contributed by atoms with Gasteiger partial charge >= 0.3 is 6.18 Å². The number of hydrogen-bond donors (Lipinski definition) is 1.